The van der Waals surface area contributed by atoms with E-state index in [1.54, 1.807) is 0 Å². The standard InChI is InChI=1S/C11H13N3O/c1-7-8(2)13-14-11(10(7)5-12)15-6-9-3-4-9/h9H,3-4,6H2,1-2H3. The van der Waals surface area contributed by atoms with E-state index in [-0.39, 0.29) is 0 Å². The largest absolute Gasteiger partial charge is 0.475 e. The zero-order chi connectivity index (χ0) is 10.8. The molecule has 15 heavy (non-hydrogen) atoms. The van der Waals surface area contributed by atoms with Crippen molar-refractivity contribution in [3.05, 3.63) is 16.8 Å². The zero-order valence-corrected chi connectivity index (χ0v) is 8.95. The lowest BCUT2D eigenvalue weighted by Crippen LogP contribution is -2.06. The van der Waals surface area contributed by atoms with Crippen LogP contribution >= 0.6 is 0 Å². The van der Waals surface area contributed by atoms with E-state index in [9.17, 15) is 0 Å². The van der Waals surface area contributed by atoms with E-state index in [1.165, 1.54) is 12.8 Å². The Morgan fingerprint density at radius 1 is 1.40 bits per heavy atom. The zero-order valence-electron chi connectivity index (χ0n) is 8.95. The highest BCUT2D eigenvalue weighted by molar-refractivity contribution is 5.44. The molecule has 0 N–H and O–H groups in total. The predicted molar refractivity (Wildman–Crippen MR) is 54.4 cm³/mol. The van der Waals surface area contributed by atoms with Crippen molar-refractivity contribution < 1.29 is 4.74 Å². The van der Waals surface area contributed by atoms with Crippen molar-refractivity contribution in [2.75, 3.05) is 6.61 Å². The van der Waals surface area contributed by atoms with Gasteiger partial charge in [0.15, 0.2) is 0 Å². The fraction of sp³-hybridized carbons (Fsp3) is 0.545. The van der Waals surface area contributed by atoms with Crippen LogP contribution in [-0.4, -0.2) is 16.8 Å². The molecule has 2 rings (SSSR count). The molecule has 0 aliphatic heterocycles. The van der Waals surface area contributed by atoms with Crippen LogP contribution in [0.5, 0.6) is 5.88 Å². The van der Waals surface area contributed by atoms with Gasteiger partial charge in [0.1, 0.15) is 11.6 Å². The lowest BCUT2D eigenvalue weighted by Gasteiger charge is -2.07. The second-order valence-electron chi connectivity index (χ2n) is 3.96. The summed E-state index contributed by atoms with van der Waals surface area (Å²) in [5, 5.41) is 16.9. The van der Waals surface area contributed by atoms with Gasteiger partial charge in [0.2, 0.25) is 0 Å². The van der Waals surface area contributed by atoms with E-state index in [0.29, 0.717) is 24.0 Å². The van der Waals surface area contributed by atoms with Gasteiger partial charge in [-0.15, -0.1) is 5.10 Å². The number of nitrogens with zero attached hydrogens (tertiary/aromatic N) is 3. The van der Waals surface area contributed by atoms with Crippen LogP contribution in [0.15, 0.2) is 0 Å². The van der Waals surface area contributed by atoms with E-state index in [0.717, 1.165) is 11.3 Å². The first-order valence-electron chi connectivity index (χ1n) is 5.09. The number of rotatable bonds is 3. The Kier molecular flexibility index (Phi) is 2.55. The van der Waals surface area contributed by atoms with Gasteiger partial charge in [-0.05, 0) is 38.2 Å². The van der Waals surface area contributed by atoms with Crippen molar-refractivity contribution in [1.82, 2.24) is 10.2 Å². The van der Waals surface area contributed by atoms with Crippen LogP contribution in [0.1, 0.15) is 29.7 Å². The molecule has 0 spiro atoms. The number of ether oxygens (including phenoxy) is 1. The Bertz CT molecular complexity index is 419. The Morgan fingerprint density at radius 2 is 2.13 bits per heavy atom. The molecule has 0 unspecified atom stereocenters. The first-order chi connectivity index (χ1) is 7.22. The quantitative estimate of drug-likeness (QED) is 0.751. The van der Waals surface area contributed by atoms with Crippen molar-refractivity contribution in [1.29, 1.82) is 5.26 Å². The molecule has 78 valence electrons. The van der Waals surface area contributed by atoms with Crippen LogP contribution in [0, 0.1) is 31.1 Å². The molecule has 1 aliphatic rings. The first kappa shape index (κ1) is 9.91. The fourth-order valence-electron chi connectivity index (χ4n) is 1.30. The summed E-state index contributed by atoms with van der Waals surface area (Å²) in [5.41, 5.74) is 2.16. The topological polar surface area (TPSA) is 58.8 Å². The monoisotopic (exact) mass is 203 g/mol. The summed E-state index contributed by atoms with van der Waals surface area (Å²) < 4.78 is 5.49. The van der Waals surface area contributed by atoms with Gasteiger partial charge in [-0.3, -0.25) is 0 Å². The molecule has 0 atom stereocenters. The number of hydrogen-bond acceptors (Lipinski definition) is 4. The van der Waals surface area contributed by atoms with Gasteiger partial charge >= 0.3 is 0 Å². The SMILES string of the molecule is Cc1nnc(OCC2CC2)c(C#N)c1C. The van der Waals surface area contributed by atoms with Gasteiger partial charge in [-0.2, -0.15) is 10.4 Å². The third kappa shape index (κ3) is 2.07. The summed E-state index contributed by atoms with van der Waals surface area (Å²) >= 11 is 0. The normalized spacial score (nSPS) is 14.7. The highest BCUT2D eigenvalue weighted by Gasteiger charge is 2.23. The first-order valence-corrected chi connectivity index (χ1v) is 5.09. The van der Waals surface area contributed by atoms with Crippen LogP contribution in [0.4, 0.5) is 0 Å². The van der Waals surface area contributed by atoms with Crippen LogP contribution in [-0.2, 0) is 0 Å². The molecule has 4 nitrogen and oxygen atoms in total. The fourth-order valence-corrected chi connectivity index (χ4v) is 1.30. The third-order valence-corrected chi connectivity index (χ3v) is 2.69. The smallest absolute Gasteiger partial charge is 0.251 e. The van der Waals surface area contributed by atoms with Gasteiger partial charge in [-0.25, -0.2) is 0 Å². The molecule has 0 saturated heterocycles. The second-order valence-corrected chi connectivity index (χ2v) is 3.96. The summed E-state index contributed by atoms with van der Waals surface area (Å²) in [5.74, 6) is 1.03. The molecule has 0 bridgehead atoms. The van der Waals surface area contributed by atoms with Gasteiger partial charge in [-0.1, -0.05) is 0 Å². The molecule has 1 aliphatic carbocycles. The predicted octanol–water partition coefficient (Wildman–Crippen LogP) is 1.75. The van der Waals surface area contributed by atoms with Gasteiger partial charge in [0.25, 0.3) is 5.88 Å². The molecule has 1 fully saturated rings. The lowest BCUT2D eigenvalue weighted by atomic mass is 10.1. The Morgan fingerprint density at radius 3 is 2.73 bits per heavy atom. The average molecular weight is 203 g/mol. The molecular weight excluding hydrogens is 190 g/mol. The Balaban J connectivity index is 2.21. The molecule has 0 aromatic carbocycles. The summed E-state index contributed by atoms with van der Waals surface area (Å²) in [6.07, 6.45) is 2.44. The Labute approximate surface area is 88.9 Å². The number of aromatic nitrogens is 2. The molecule has 0 radical (unpaired) electrons. The molecule has 1 saturated carbocycles. The highest BCUT2D eigenvalue weighted by Crippen LogP contribution is 2.30. The molecule has 1 heterocycles. The Hall–Kier alpha value is -1.63. The molecule has 0 amide bonds. The summed E-state index contributed by atoms with van der Waals surface area (Å²) in [4.78, 5) is 0. The second kappa shape index (κ2) is 3.85. The van der Waals surface area contributed by atoms with E-state index >= 15 is 0 Å². The molecule has 1 aromatic heterocycles. The van der Waals surface area contributed by atoms with E-state index in [4.69, 9.17) is 10.00 Å². The molecular formula is C11H13N3O. The number of aryl methyl sites for hydroxylation is 1. The van der Waals surface area contributed by atoms with Crippen LogP contribution in [0.25, 0.3) is 0 Å². The van der Waals surface area contributed by atoms with Crippen molar-refractivity contribution in [2.24, 2.45) is 5.92 Å². The molecule has 4 heteroatoms. The van der Waals surface area contributed by atoms with Crippen LogP contribution < -0.4 is 4.74 Å². The van der Waals surface area contributed by atoms with Gasteiger partial charge < -0.3 is 4.74 Å². The van der Waals surface area contributed by atoms with E-state index in [2.05, 4.69) is 16.3 Å². The van der Waals surface area contributed by atoms with Gasteiger partial charge in [0, 0.05) is 0 Å². The molecule has 1 aromatic rings. The van der Waals surface area contributed by atoms with E-state index < -0.39 is 0 Å². The minimum atomic E-state index is 0.382. The van der Waals surface area contributed by atoms with Gasteiger partial charge in [0.05, 0.1) is 12.3 Å². The summed E-state index contributed by atoms with van der Waals surface area (Å²) in [6, 6.07) is 2.12. The van der Waals surface area contributed by atoms with Crippen molar-refractivity contribution >= 4 is 0 Å². The van der Waals surface area contributed by atoms with Crippen LogP contribution in [0.3, 0.4) is 0 Å². The lowest BCUT2D eigenvalue weighted by molar-refractivity contribution is 0.283. The van der Waals surface area contributed by atoms with Crippen molar-refractivity contribution in [2.45, 2.75) is 26.7 Å². The van der Waals surface area contributed by atoms with Crippen LogP contribution in [0.2, 0.25) is 0 Å². The highest BCUT2D eigenvalue weighted by atomic mass is 16.5. The maximum atomic E-state index is 9.01. The summed E-state index contributed by atoms with van der Waals surface area (Å²) in [6.45, 7) is 4.37. The maximum absolute atomic E-state index is 9.01. The summed E-state index contributed by atoms with van der Waals surface area (Å²) in [7, 11) is 0. The minimum Gasteiger partial charge on any atom is -0.475 e. The van der Waals surface area contributed by atoms with E-state index in [1.807, 2.05) is 13.8 Å². The average Bonchev–Trinajstić information content (AvgIpc) is 3.03. The minimum absolute atomic E-state index is 0.382. The number of nitriles is 1. The van der Waals surface area contributed by atoms with Crippen molar-refractivity contribution in [3.63, 3.8) is 0 Å². The maximum Gasteiger partial charge on any atom is 0.251 e. The number of hydrogen-bond donors (Lipinski definition) is 0. The van der Waals surface area contributed by atoms with Crippen molar-refractivity contribution in [3.8, 4) is 11.9 Å². The third-order valence-electron chi connectivity index (χ3n) is 2.69.